The summed E-state index contributed by atoms with van der Waals surface area (Å²) in [4.78, 5) is 28.2. The number of likely N-dealkylation sites (tertiary alicyclic amines) is 1. The molecule has 0 aliphatic carbocycles. The van der Waals surface area contributed by atoms with Crippen molar-refractivity contribution < 1.29 is 19.4 Å². The van der Waals surface area contributed by atoms with E-state index >= 15 is 0 Å². The molecule has 194 valence electrons. The van der Waals surface area contributed by atoms with E-state index in [1.165, 1.54) is 7.11 Å². The molecule has 0 bridgehead atoms. The summed E-state index contributed by atoms with van der Waals surface area (Å²) >= 11 is 3.25. The van der Waals surface area contributed by atoms with Crippen molar-refractivity contribution in [1.82, 2.24) is 4.90 Å². The maximum absolute atomic E-state index is 13.6. The summed E-state index contributed by atoms with van der Waals surface area (Å²) in [6.45, 7) is 12.5. The van der Waals surface area contributed by atoms with Gasteiger partial charge in [0.25, 0.3) is 0 Å². The van der Waals surface area contributed by atoms with Gasteiger partial charge in [-0.15, -0.1) is 0 Å². The molecule has 1 aliphatic rings. The number of carbonyl (C=O) groups is 2. The fourth-order valence-electron chi connectivity index (χ4n) is 4.83. The highest BCUT2D eigenvalue weighted by Crippen LogP contribution is 2.40. The number of benzene rings is 2. The molecule has 0 unspecified atom stereocenters. The van der Waals surface area contributed by atoms with Crippen LogP contribution in [0, 0.1) is 11.8 Å². The van der Waals surface area contributed by atoms with Gasteiger partial charge in [-0.1, -0.05) is 71.9 Å². The van der Waals surface area contributed by atoms with Gasteiger partial charge in [-0.05, 0) is 34.9 Å². The molecule has 6 nitrogen and oxygen atoms in total. The van der Waals surface area contributed by atoms with E-state index in [2.05, 4.69) is 20.2 Å². The molecule has 1 aliphatic heterocycles. The van der Waals surface area contributed by atoms with Gasteiger partial charge < -0.3 is 14.7 Å². The van der Waals surface area contributed by atoms with Crippen molar-refractivity contribution in [2.24, 2.45) is 15.9 Å². The number of esters is 1. The number of rotatable bonds is 6. The number of methoxy groups -OCH3 is 1. The fourth-order valence-corrected chi connectivity index (χ4v) is 5.32. The number of ether oxygens (including phenoxy) is 1. The van der Waals surface area contributed by atoms with Crippen LogP contribution < -0.4 is 0 Å². The van der Waals surface area contributed by atoms with Crippen LogP contribution in [0.5, 0.6) is 5.75 Å². The first-order valence-electron chi connectivity index (χ1n) is 12.2. The van der Waals surface area contributed by atoms with Crippen molar-refractivity contribution in [3.63, 3.8) is 0 Å². The van der Waals surface area contributed by atoms with Crippen molar-refractivity contribution in [3.05, 3.63) is 64.7 Å². The molecule has 2 aromatic carbocycles. The molecule has 2 aromatic rings. The van der Waals surface area contributed by atoms with E-state index < -0.39 is 5.92 Å². The third-order valence-electron chi connectivity index (χ3n) is 6.83. The highest BCUT2D eigenvalue weighted by Gasteiger charge is 2.44. The lowest BCUT2D eigenvalue weighted by molar-refractivity contribution is -0.146. The lowest BCUT2D eigenvalue weighted by Gasteiger charge is -2.28. The molecule has 3 rings (SSSR count). The monoisotopic (exact) mass is 556 g/mol. The minimum Gasteiger partial charge on any atom is -0.507 e. The standard InChI is InChI=1S/C29H37BrN2O4/c1-28(2,3)22-14-19(15-23(25(22)34)29(4,5)6)24(33)17-32-16-21(27(35)36-7)20(26(32)31-30)13-18-11-9-8-10-12-18/h8-12,14-15,20-21,34H,13,16-17H2,1-7H3/b31-26-/t20-,21+/m1/s1. The SMILES string of the molecule is COC(=O)[C@H]1CN(CC(=O)c2cc(C(C)(C)C)c(O)c(C(C)(C)C)c2)/C(=N\Br)[C@@H]1Cc1ccccc1. The van der Waals surface area contributed by atoms with E-state index in [1.807, 2.05) is 76.8 Å². The smallest absolute Gasteiger partial charge is 0.311 e. The van der Waals surface area contributed by atoms with Crippen molar-refractivity contribution in [2.45, 2.75) is 58.8 Å². The first-order valence-corrected chi connectivity index (χ1v) is 13.0. The number of halogens is 1. The number of carbonyl (C=O) groups excluding carboxylic acids is 2. The second-order valence-electron chi connectivity index (χ2n) is 11.6. The number of phenols is 1. The fraction of sp³-hybridized carbons (Fsp3) is 0.483. The predicted octanol–water partition coefficient (Wildman–Crippen LogP) is 5.84. The zero-order valence-electron chi connectivity index (χ0n) is 22.3. The Balaban J connectivity index is 1.96. The van der Waals surface area contributed by atoms with Crippen LogP contribution in [0.15, 0.2) is 46.5 Å². The number of phenolic OH excluding ortho intramolecular Hbond substituents is 1. The third-order valence-corrected chi connectivity index (χ3v) is 7.19. The van der Waals surface area contributed by atoms with Gasteiger partial charge in [0.1, 0.15) is 11.6 Å². The van der Waals surface area contributed by atoms with Gasteiger partial charge in [-0.2, -0.15) is 4.02 Å². The maximum atomic E-state index is 13.6. The van der Waals surface area contributed by atoms with Crippen LogP contribution in [0.25, 0.3) is 0 Å². The van der Waals surface area contributed by atoms with E-state index in [9.17, 15) is 14.7 Å². The maximum Gasteiger partial charge on any atom is 0.311 e. The van der Waals surface area contributed by atoms with Gasteiger partial charge in [0.05, 0.1) is 35.7 Å². The molecule has 36 heavy (non-hydrogen) atoms. The minimum atomic E-state index is -0.436. The van der Waals surface area contributed by atoms with Gasteiger partial charge >= 0.3 is 5.97 Å². The second-order valence-corrected chi connectivity index (χ2v) is 11.9. The number of aromatic hydroxyl groups is 1. The molecule has 7 heteroatoms. The summed E-state index contributed by atoms with van der Waals surface area (Å²) in [5.41, 5.74) is 2.42. The normalized spacial score (nSPS) is 19.6. The lowest BCUT2D eigenvalue weighted by Crippen LogP contribution is -2.33. The van der Waals surface area contributed by atoms with E-state index in [4.69, 9.17) is 4.74 Å². The number of Topliss-reactive ketones (excluding diaryl/α,β-unsaturated/α-hetero) is 1. The largest absolute Gasteiger partial charge is 0.507 e. The number of hydrogen-bond donors (Lipinski definition) is 1. The molecule has 2 atom stereocenters. The summed E-state index contributed by atoms with van der Waals surface area (Å²) in [5, 5.41) is 11.0. The predicted molar refractivity (Wildman–Crippen MR) is 147 cm³/mol. The summed E-state index contributed by atoms with van der Waals surface area (Å²) in [7, 11) is 1.39. The van der Waals surface area contributed by atoms with Crippen LogP contribution in [0.4, 0.5) is 0 Å². The van der Waals surface area contributed by atoms with Crippen molar-refractivity contribution in [2.75, 3.05) is 20.2 Å². The van der Waals surface area contributed by atoms with Crippen LogP contribution in [0.3, 0.4) is 0 Å². The van der Waals surface area contributed by atoms with Crippen molar-refractivity contribution >= 4 is 33.7 Å². The van der Waals surface area contributed by atoms with Crippen LogP contribution in [0.2, 0.25) is 0 Å². The first-order chi connectivity index (χ1) is 16.8. The van der Waals surface area contributed by atoms with Gasteiger partial charge in [-0.25, -0.2) is 0 Å². The van der Waals surface area contributed by atoms with E-state index in [0.29, 0.717) is 24.4 Å². The molecule has 1 N–H and O–H groups in total. The van der Waals surface area contributed by atoms with Gasteiger partial charge in [0, 0.05) is 29.2 Å². The summed E-state index contributed by atoms with van der Waals surface area (Å²) in [6.07, 6.45) is 0.608. The Bertz CT molecular complexity index is 1110. The Morgan fingerprint density at radius 3 is 2.08 bits per heavy atom. The van der Waals surface area contributed by atoms with E-state index in [0.717, 1.165) is 16.7 Å². The lowest BCUT2D eigenvalue weighted by atomic mass is 9.78. The third kappa shape index (κ3) is 6.00. The first kappa shape index (κ1) is 27.9. The zero-order chi connectivity index (χ0) is 26.8. The topological polar surface area (TPSA) is 79.2 Å². The molecule has 0 aromatic heterocycles. The van der Waals surface area contributed by atoms with Gasteiger partial charge in [0.2, 0.25) is 0 Å². The Morgan fingerprint density at radius 2 is 1.61 bits per heavy atom. The van der Waals surface area contributed by atoms with Crippen LogP contribution in [0.1, 0.15) is 68.6 Å². The Labute approximate surface area is 223 Å². The second kappa shape index (κ2) is 10.8. The number of ketones is 1. The van der Waals surface area contributed by atoms with Gasteiger partial charge in [0.15, 0.2) is 5.78 Å². The Hall–Kier alpha value is -2.67. The zero-order valence-corrected chi connectivity index (χ0v) is 23.8. The van der Waals surface area contributed by atoms with E-state index in [1.54, 1.807) is 12.1 Å². The molecule has 0 saturated carbocycles. The Morgan fingerprint density at radius 1 is 1.06 bits per heavy atom. The molecule has 0 radical (unpaired) electrons. The molecule has 1 saturated heterocycles. The molecular weight excluding hydrogens is 520 g/mol. The van der Waals surface area contributed by atoms with E-state index in [-0.39, 0.29) is 40.8 Å². The quantitative estimate of drug-likeness (QED) is 0.357. The molecule has 0 amide bonds. The summed E-state index contributed by atoms with van der Waals surface area (Å²) < 4.78 is 9.45. The van der Waals surface area contributed by atoms with Crippen LogP contribution >= 0.6 is 16.1 Å². The highest BCUT2D eigenvalue weighted by molar-refractivity contribution is 9.08. The number of hydrogen-bond acceptors (Lipinski definition) is 5. The van der Waals surface area contributed by atoms with Crippen LogP contribution in [-0.4, -0.2) is 47.8 Å². The molecule has 1 heterocycles. The average Bonchev–Trinajstić information content (AvgIpc) is 3.14. The number of nitrogens with zero attached hydrogens (tertiary/aromatic N) is 2. The average molecular weight is 558 g/mol. The van der Waals surface area contributed by atoms with Crippen molar-refractivity contribution in [1.29, 1.82) is 0 Å². The molecule has 0 spiro atoms. The van der Waals surface area contributed by atoms with Crippen molar-refractivity contribution in [3.8, 4) is 5.75 Å². The minimum absolute atomic E-state index is 0.0706. The van der Waals surface area contributed by atoms with Gasteiger partial charge in [-0.3, -0.25) is 9.59 Å². The highest BCUT2D eigenvalue weighted by atomic mass is 79.9. The van der Waals surface area contributed by atoms with Crippen LogP contribution in [-0.2, 0) is 26.8 Å². The molecule has 1 fully saturated rings. The summed E-state index contributed by atoms with van der Waals surface area (Å²) in [6, 6.07) is 13.5. The number of amidine groups is 1. The molecular formula is C29H37BrN2O4. The Kier molecular flexibility index (Phi) is 8.33. The summed E-state index contributed by atoms with van der Waals surface area (Å²) in [5.74, 6) is -0.160.